The van der Waals surface area contributed by atoms with Gasteiger partial charge in [0.1, 0.15) is 24.5 Å². The minimum atomic E-state index is -0.384. The minimum absolute atomic E-state index is 0.00577. The predicted molar refractivity (Wildman–Crippen MR) is 103 cm³/mol. The van der Waals surface area contributed by atoms with Gasteiger partial charge in [0.15, 0.2) is 0 Å². The fourth-order valence-electron chi connectivity index (χ4n) is 3.14. The van der Waals surface area contributed by atoms with E-state index in [2.05, 4.69) is 15.5 Å². The molecule has 1 atom stereocenters. The molecule has 9 heteroatoms. The number of nitrogens with zero attached hydrogens (tertiary/aromatic N) is 3. The molecule has 156 valence electrons. The van der Waals surface area contributed by atoms with Crippen LogP contribution in [0.4, 0.5) is 0 Å². The number of benzene rings is 1. The third kappa shape index (κ3) is 5.54. The second-order valence-electron chi connectivity index (χ2n) is 7.01. The summed E-state index contributed by atoms with van der Waals surface area (Å²) in [6.07, 6.45) is 1.57. The number of hydrogen-bond acceptors (Lipinski definition) is 7. The Kier molecular flexibility index (Phi) is 6.82. The Bertz CT molecular complexity index is 828. The molecule has 1 fully saturated rings. The first-order valence-electron chi connectivity index (χ1n) is 9.60. The average molecular weight is 402 g/mol. The molecule has 0 spiro atoms. The van der Waals surface area contributed by atoms with E-state index in [1.54, 1.807) is 43.0 Å². The summed E-state index contributed by atoms with van der Waals surface area (Å²) >= 11 is 0. The molecular weight excluding hydrogens is 376 g/mol. The minimum Gasteiger partial charge on any atom is -0.490 e. The van der Waals surface area contributed by atoms with Crippen molar-refractivity contribution in [2.45, 2.75) is 38.8 Å². The maximum atomic E-state index is 12.4. The third-order valence-electron chi connectivity index (χ3n) is 4.74. The summed E-state index contributed by atoms with van der Waals surface area (Å²) in [6, 6.07) is 6.60. The zero-order valence-electron chi connectivity index (χ0n) is 16.9. The van der Waals surface area contributed by atoms with Gasteiger partial charge in [0.25, 0.3) is 5.91 Å². The van der Waals surface area contributed by atoms with Crippen molar-refractivity contribution in [3.8, 4) is 5.75 Å². The Labute approximate surface area is 169 Å². The zero-order valence-corrected chi connectivity index (χ0v) is 16.9. The van der Waals surface area contributed by atoms with E-state index in [1.807, 2.05) is 0 Å². The van der Waals surface area contributed by atoms with Gasteiger partial charge in [0.2, 0.25) is 17.7 Å². The second kappa shape index (κ2) is 9.51. The van der Waals surface area contributed by atoms with Crippen molar-refractivity contribution in [3.05, 3.63) is 41.6 Å². The van der Waals surface area contributed by atoms with Gasteiger partial charge in [-0.2, -0.15) is 0 Å². The Morgan fingerprint density at radius 3 is 2.52 bits per heavy atom. The number of likely N-dealkylation sites (tertiary alicyclic amines) is 1. The van der Waals surface area contributed by atoms with E-state index >= 15 is 0 Å². The molecule has 1 saturated heterocycles. The monoisotopic (exact) mass is 402 g/mol. The van der Waals surface area contributed by atoms with Crippen LogP contribution in [0.3, 0.4) is 0 Å². The topological polar surface area (TPSA) is 107 Å². The SMILES string of the molecule is COCC(=O)N1CCC(Oc2ccc(C(=O)N[C@H](C)c3nnc(C)o3)cc2)CC1. The number of aromatic nitrogens is 2. The standard InChI is InChI=1S/C20H26N4O5/c1-13(20-23-22-14(2)28-20)21-19(26)15-4-6-16(7-5-15)29-17-8-10-24(11-9-17)18(25)12-27-3/h4-7,13,17H,8-12H2,1-3H3,(H,21,26)/t13-/m1/s1. The van der Waals surface area contributed by atoms with Crippen LogP contribution in [-0.4, -0.2) is 59.8 Å². The highest BCUT2D eigenvalue weighted by molar-refractivity contribution is 5.94. The van der Waals surface area contributed by atoms with Gasteiger partial charge >= 0.3 is 0 Å². The molecule has 0 radical (unpaired) electrons. The number of hydrogen-bond donors (Lipinski definition) is 1. The maximum absolute atomic E-state index is 12.4. The Morgan fingerprint density at radius 1 is 1.24 bits per heavy atom. The summed E-state index contributed by atoms with van der Waals surface area (Å²) in [4.78, 5) is 26.0. The molecule has 0 saturated carbocycles. The summed E-state index contributed by atoms with van der Waals surface area (Å²) in [5.74, 6) is 1.29. The van der Waals surface area contributed by atoms with Crippen molar-refractivity contribution in [2.75, 3.05) is 26.8 Å². The van der Waals surface area contributed by atoms with Crippen LogP contribution in [0.25, 0.3) is 0 Å². The van der Waals surface area contributed by atoms with Gasteiger partial charge in [-0.1, -0.05) is 0 Å². The highest BCUT2D eigenvalue weighted by Gasteiger charge is 2.24. The molecular formula is C20H26N4O5. The zero-order chi connectivity index (χ0) is 20.8. The summed E-state index contributed by atoms with van der Waals surface area (Å²) in [5.41, 5.74) is 0.514. The predicted octanol–water partition coefficient (Wildman–Crippen LogP) is 1.89. The summed E-state index contributed by atoms with van der Waals surface area (Å²) in [7, 11) is 1.52. The van der Waals surface area contributed by atoms with Crippen LogP contribution in [0, 0.1) is 6.92 Å². The lowest BCUT2D eigenvalue weighted by atomic mass is 10.1. The summed E-state index contributed by atoms with van der Waals surface area (Å²) < 4.78 is 16.2. The molecule has 2 aromatic rings. The lowest BCUT2D eigenvalue weighted by Crippen LogP contribution is -2.43. The van der Waals surface area contributed by atoms with E-state index in [0.717, 1.165) is 12.8 Å². The Morgan fingerprint density at radius 2 is 1.93 bits per heavy atom. The fraction of sp³-hybridized carbons (Fsp3) is 0.500. The molecule has 0 unspecified atom stereocenters. The first-order valence-corrected chi connectivity index (χ1v) is 9.60. The lowest BCUT2D eigenvalue weighted by Gasteiger charge is -2.32. The Balaban J connectivity index is 1.49. The van der Waals surface area contributed by atoms with Crippen LogP contribution in [0.2, 0.25) is 0 Å². The molecule has 1 aliphatic heterocycles. The largest absolute Gasteiger partial charge is 0.490 e. The van der Waals surface area contributed by atoms with Crippen molar-refractivity contribution in [2.24, 2.45) is 0 Å². The number of aryl methyl sites for hydroxylation is 1. The summed E-state index contributed by atoms with van der Waals surface area (Å²) in [6.45, 7) is 4.90. The van der Waals surface area contributed by atoms with Crippen molar-refractivity contribution >= 4 is 11.8 Å². The number of rotatable bonds is 7. The normalized spacial score (nSPS) is 15.8. The lowest BCUT2D eigenvalue weighted by molar-refractivity contribution is -0.136. The number of ether oxygens (including phenoxy) is 2. The first-order chi connectivity index (χ1) is 14.0. The fourth-order valence-corrected chi connectivity index (χ4v) is 3.14. The highest BCUT2D eigenvalue weighted by Crippen LogP contribution is 2.20. The van der Waals surface area contributed by atoms with Crippen molar-refractivity contribution in [1.82, 2.24) is 20.4 Å². The van der Waals surface area contributed by atoms with Crippen molar-refractivity contribution in [1.29, 1.82) is 0 Å². The molecule has 9 nitrogen and oxygen atoms in total. The van der Waals surface area contributed by atoms with Crippen LogP contribution < -0.4 is 10.1 Å². The number of methoxy groups -OCH3 is 1. The number of amides is 2. The van der Waals surface area contributed by atoms with Crippen LogP contribution in [-0.2, 0) is 9.53 Å². The van der Waals surface area contributed by atoms with Crippen molar-refractivity contribution in [3.63, 3.8) is 0 Å². The third-order valence-corrected chi connectivity index (χ3v) is 4.74. The number of carbonyl (C=O) groups excluding carboxylic acids is 2. The van der Waals surface area contributed by atoms with E-state index in [-0.39, 0.29) is 30.6 Å². The van der Waals surface area contributed by atoms with Gasteiger partial charge in [0, 0.05) is 45.5 Å². The molecule has 1 N–H and O–H groups in total. The molecule has 2 amide bonds. The smallest absolute Gasteiger partial charge is 0.251 e. The molecule has 1 aliphatic rings. The molecule has 1 aromatic heterocycles. The quantitative estimate of drug-likeness (QED) is 0.753. The highest BCUT2D eigenvalue weighted by atomic mass is 16.5. The number of piperidine rings is 1. The molecule has 0 bridgehead atoms. The van der Waals surface area contributed by atoms with Crippen molar-refractivity contribution < 1.29 is 23.5 Å². The van der Waals surface area contributed by atoms with Gasteiger partial charge < -0.3 is 24.1 Å². The van der Waals surface area contributed by atoms with Gasteiger partial charge in [-0.3, -0.25) is 9.59 Å². The van der Waals surface area contributed by atoms with E-state index in [9.17, 15) is 9.59 Å². The van der Waals surface area contributed by atoms with Crippen LogP contribution in [0.1, 0.15) is 47.9 Å². The average Bonchev–Trinajstić information content (AvgIpc) is 3.16. The van der Waals surface area contributed by atoms with Gasteiger partial charge in [-0.05, 0) is 31.2 Å². The first kappa shape index (κ1) is 20.8. The molecule has 1 aromatic carbocycles. The molecule has 0 aliphatic carbocycles. The van der Waals surface area contributed by atoms with Gasteiger partial charge in [-0.25, -0.2) is 0 Å². The molecule has 3 rings (SSSR count). The van der Waals surface area contributed by atoms with E-state index in [1.165, 1.54) is 7.11 Å². The Hall–Kier alpha value is -2.94. The molecule has 29 heavy (non-hydrogen) atoms. The number of nitrogens with one attached hydrogen (secondary N) is 1. The van der Waals surface area contributed by atoms with E-state index < -0.39 is 0 Å². The van der Waals surface area contributed by atoms with Gasteiger partial charge in [-0.15, -0.1) is 10.2 Å². The van der Waals surface area contributed by atoms with E-state index in [0.29, 0.717) is 36.2 Å². The van der Waals surface area contributed by atoms with Crippen LogP contribution in [0.15, 0.2) is 28.7 Å². The summed E-state index contributed by atoms with van der Waals surface area (Å²) in [5, 5.41) is 10.5. The maximum Gasteiger partial charge on any atom is 0.251 e. The van der Waals surface area contributed by atoms with Gasteiger partial charge in [0.05, 0.1) is 0 Å². The van der Waals surface area contributed by atoms with E-state index in [4.69, 9.17) is 13.9 Å². The number of carbonyl (C=O) groups is 2. The van der Waals surface area contributed by atoms with Crippen LogP contribution in [0.5, 0.6) is 5.75 Å². The second-order valence-corrected chi connectivity index (χ2v) is 7.01. The van der Waals surface area contributed by atoms with Crippen LogP contribution >= 0.6 is 0 Å². The molecule has 2 heterocycles.